The van der Waals surface area contributed by atoms with Gasteiger partial charge >= 0.3 is 0 Å². The van der Waals surface area contributed by atoms with Gasteiger partial charge in [0, 0.05) is 24.5 Å². The van der Waals surface area contributed by atoms with Crippen molar-refractivity contribution < 1.29 is 19.1 Å². The van der Waals surface area contributed by atoms with Crippen molar-refractivity contribution in [3.8, 4) is 11.5 Å². The summed E-state index contributed by atoms with van der Waals surface area (Å²) in [6.07, 6.45) is 0.696. The van der Waals surface area contributed by atoms with Gasteiger partial charge in [0.25, 0.3) is 5.91 Å². The average molecular weight is 409 g/mol. The molecule has 2 aromatic carbocycles. The average Bonchev–Trinajstić information content (AvgIpc) is 3.09. The van der Waals surface area contributed by atoms with Crippen LogP contribution in [0.15, 0.2) is 48.5 Å². The number of ether oxygens (including phenoxy) is 2. The van der Waals surface area contributed by atoms with Crippen molar-refractivity contribution in [2.24, 2.45) is 7.05 Å². The first-order valence-corrected chi connectivity index (χ1v) is 9.78. The van der Waals surface area contributed by atoms with Crippen molar-refractivity contribution in [3.63, 3.8) is 0 Å². The second-order valence-electron chi connectivity index (χ2n) is 7.10. The lowest BCUT2D eigenvalue weighted by Gasteiger charge is -2.14. The Bertz CT molecular complexity index is 1040. The Balaban J connectivity index is 1.56. The van der Waals surface area contributed by atoms with Crippen molar-refractivity contribution in [2.45, 2.75) is 19.4 Å². The predicted molar refractivity (Wildman–Crippen MR) is 116 cm³/mol. The van der Waals surface area contributed by atoms with Gasteiger partial charge in [-0.25, -0.2) is 0 Å². The molecule has 0 radical (unpaired) electrons. The lowest BCUT2D eigenvalue weighted by molar-refractivity contribution is -0.122. The topological polar surface area (TPSA) is 81.6 Å². The lowest BCUT2D eigenvalue weighted by atomic mass is 10.1. The molecule has 2 N–H and O–H groups in total. The highest BCUT2D eigenvalue weighted by Gasteiger charge is 2.19. The summed E-state index contributed by atoms with van der Waals surface area (Å²) in [5.74, 6) is 0.998. The van der Waals surface area contributed by atoms with Crippen LogP contribution >= 0.6 is 0 Å². The van der Waals surface area contributed by atoms with Gasteiger partial charge in [-0.05, 0) is 55.3 Å². The molecule has 30 heavy (non-hydrogen) atoms. The molecule has 7 heteroatoms. The maximum absolute atomic E-state index is 12.7. The Morgan fingerprint density at radius 1 is 1.00 bits per heavy atom. The monoisotopic (exact) mass is 409 g/mol. The Hall–Kier alpha value is -3.48. The van der Waals surface area contributed by atoms with Crippen molar-refractivity contribution in [1.29, 1.82) is 0 Å². The summed E-state index contributed by atoms with van der Waals surface area (Å²) in [6.45, 7) is 2.16. The van der Waals surface area contributed by atoms with E-state index in [0.29, 0.717) is 18.7 Å². The van der Waals surface area contributed by atoms with Gasteiger partial charge in [-0.3, -0.25) is 9.59 Å². The highest BCUT2D eigenvalue weighted by Crippen LogP contribution is 2.23. The molecule has 7 nitrogen and oxygen atoms in total. The third-order valence-electron chi connectivity index (χ3n) is 5.10. The number of carbonyl (C=O) groups is 2. The minimum atomic E-state index is -0.652. The molecule has 0 unspecified atom stereocenters. The summed E-state index contributed by atoms with van der Waals surface area (Å²) < 4.78 is 12.2. The molecular formula is C23H27N3O4. The Morgan fingerprint density at radius 2 is 1.67 bits per heavy atom. The van der Waals surface area contributed by atoms with Gasteiger partial charge in [-0.15, -0.1) is 0 Å². The van der Waals surface area contributed by atoms with E-state index < -0.39 is 6.04 Å². The number of amides is 2. The van der Waals surface area contributed by atoms with Crippen LogP contribution in [-0.2, 0) is 18.3 Å². The first-order chi connectivity index (χ1) is 14.4. The molecule has 1 heterocycles. The largest absolute Gasteiger partial charge is 0.497 e. The van der Waals surface area contributed by atoms with Gasteiger partial charge in [0.2, 0.25) is 5.91 Å². The van der Waals surface area contributed by atoms with E-state index in [2.05, 4.69) is 10.6 Å². The second kappa shape index (κ2) is 9.35. The smallest absolute Gasteiger partial charge is 0.268 e. The van der Waals surface area contributed by atoms with Crippen LogP contribution in [0, 0.1) is 0 Å². The summed E-state index contributed by atoms with van der Waals surface area (Å²) in [7, 11) is 5.05. The highest BCUT2D eigenvalue weighted by atomic mass is 16.5. The van der Waals surface area contributed by atoms with E-state index in [1.54, 1.807) is 31.8 Å². The molecule has 0 saturated heterocycles. The van der Waals surface area contributed by atoms with E-state index in [4.69, 9.17) is 9.47 Å². The standard InChI is InChI=1S/C23H27N3O4/c1-15(22(27)24-12-11-16-5-7-18(29-3)8-6-16)25-23(28)21-14-17-13-19(30-4)9-10-20(17)26(21)2/h5-10,13-15H,11-12H2,1-4H3,(H,24,27)(H,25,28)/t15-/m0/s1. The number of nitrogens with zero attached hydrogens (tertiary/aromatic N) is 1. The zero-order valence-electron chi connectivity index (χ0n) is 17.7. The zero-order chi connectivity index (χ0) is 21.7. The van der Waals surface area contributed by atoms with E-state index in [1.165, 1.54) is 0 Å². The minimum absolute atomic E-state index is 0.225. The number of methoxy groups -OCH3 is 2. The summed E-state index contributed by atoms with van der Waals surface area (Å²) >= 11 is 0. The van der Waals surface area contributed by atoms with E-state index in [1.807, 2.05) is 49.5 Å². The quantitative estimate of drug-likeness (QED) is 0.599. The summed E-state index contributed by atoms with van der Waals surface area (Å²) in [5.41, 5.74) is 2.49. The molecule has 3 rings (SSSR count). The fraction of sp³-hybridized carbons (Fsp3) is 0.304. The second-order valence-corrected chi connectivity index (χ2v) is 7.10. The predicted octanol–water partition coefficient (Wildman–Crippen LogP) is 2.67. The van der Waals surface area contributed by atoms with E-state index >= 15 is 0 Å². The van der Waals surface area contributed by atoms with Crippen molar-refractivity contribution >= 4 is 22.7 Å². The molecule has 0 aliphatic heterocycles. The molecule has 0 aliphatic rings. The van der Waals surface area contributed by atoms with Crippen LogP contribution in [0.1, 0.15) is 23.0 Å². The minimum Gasteiger partial charge on any atom is -0.497 e. The van der Waals surface area contributed by atoms with E-state index in [9.17, 15) is 9.59 Å². The normalized spacial score (nSPS) is 11.7. The molecule has 0 bridgehead atoms. The number of benzene rings is 2. The van der Waals surface area contributed by atoms with Crippen LogP contribution in [0.25, 0.3) is 10.9 Å². The van der Waals surface area contributed by atoms with Crippen molar-refractivity contribution in [2.75, 3.05) is 20.8 Å². The molecule has 1 atom stereocenters. The van der Waals surface area contributed by atoms with Crippen LogP contribution in [0.3, 0.4) is 0 Å². The van der Waals surface area contributed by atoms with Gasteiger partial charge in [0.05, 0.1) is 14.2 Å². The summed E-state index contributed by atoms with van der Waals surface area (Å²) in [6, 6.07) is 14.5. The van der Waals surface area contributed by atoms with Crippen LogP contribution in [0.2, 0.25) is 0 Å². The van der Waals surface area contributed by atoms with Crippen LogP contribution in [0.4, 0.5) is 0 Å². The third kappa shape index (κ3) is 4.74. The molecule has 158 valence electrons. The van der Waals surface area contributed by atoms with Crippen molar-refractivity contribution in [1.82, 2.24) is 15.2 Å². The summed E-state index contributed by atoms with van der Waals surface area (Å²) in [4.78, 5) is 25.1. The molecule has 2 amide bonds. The molecule has 0 saturated carbocycles. The Labute approximate surface area is 176 Å². The van der Waals surface area contributed by atoms with Gasteiger partial charge in [0.1, 0.15) is 23.2 Å². The Morgan fingerprint density at radius 3 is 2.33 bits per heavy atom. The Kier molecular flexibility index (Phi) is 6.61. The number of aromatic nitrogens is 1. The van der Waals surface area contributed by atoms with Crippen molar-refractivity contribution in [3.05, 3.63) is 59.8 Å². The fourth-order valence-electron chi connectivity index (χ4n) is 3.28. The molecule has 3 aromatic rings. The van der Waals surface area contributed by atoms with Gasteiger partial charge in [-0.2, -0.15) is 0 Å². The lowest BCUT2D eigenvalue weighted by Crippen LogP contribution is -2.45. The fourth-order valence-corrected chi connectivity index (χ4v) is 3.28. The first-order valence-electron chi connectivity index (χ1n) is 9.78. The van der Waals surface area contributed by atoms with Crippen LogP contribution in [-0.4, -0.2) is 43.2 Å². The van der Waals surface area contributed by atoms with Gasteiger partial charge < -0.3 is 24.7 Å². The number of hydrogen-bond donors (Lipinski definition) is 2. The van der Waals surface area contributed by atoms with E-state index in [0.717, 1.165) is 28.0 Å². The zero-order valence-corrected chi connectivity index (χ0v) is 17.7. The number of rotatable bonds is 8. The molecule has 0 spiro atoms. The number of aryl methyl sites for hydroxylation is 1. The maximum Gasteiger partial charge on any atom is 0.268 e. The SMILES string of the molecule is COc1ccc(CCNC(=O)[C@H](C)NC(=O)c2cc3cc(OC)ccc3n2C)cc1. The highest BCUT2D eigenvalue weighted by molar-refractivity contribution is 6.00. The number of fused-ring (bicyclic) bond motifs is 1. The van der Waals surface area contributed by atoms with Crippen LogP contribution in [0.5, 0.6) is 11.5 Å². The van der Waals surface area contributed by atoms with Gasteiger partial charge in [0.15, 0.2) is 0 Å². The molecule has 1 aromatic heterocycles. The number of nitrogens with one attached hydrogen (secondary N) is 2. The summed E-state index contributed by atoms with van der Waals surface area (Å²) in [5, 5.41) is 6.54. The number of hydrogen-bond acceptors (Lipinski definition) is 4. The van der Waals surface area contributed by atoms with E-state index in [-0.39, 0.29) is 11.8 Å². The number of carbonyl (C=O) groups excluding carboxylic acids is 2. The molecule has 0 fully saturated rings. The molecule has 0 aliphatic carbocycles. The van der Waals surface area contributed by atoms with Crippen LogP contribution < -0.4 is 20.1 Å². The first kappa shape index (κ1) is 21.2. The molecular weight excluding hydrogens is 382 g/mol. The third-order valence-corrected chi connectivity index (χ3v) is 5.10. The maximum atomic E-state index is 12.7. The van der Waals surface area contributed by atoms with Gasteiger partial charge in [-0.1, -0.05) is 12.1 Å².